The van der Waals surface area contributed by atoms with Gasteiger partial charge in [0.05, 0.1) is 22.8 Å². The van der Waals surface area contributed by atoms with E-state index in [2.05, 4.69) is 41.5 Å². The standard InChI is InChI=1S/C19H31N3.CH3.Fe/c1-12(2)14(5)20-16(7)18-10-9-11-19(22-18)17(8)21-15(6)13(3)4;;/h9-15H,1-8H3;1H3;/q;-1;/t14-,15-;;/m0../s1. The molecule has 0 spiro atoms. The summed E-state index contributed by atoms with van der Waals surface area (Å²) in [5.41, 5.74) is 3.87. The Hall–Kier alpha value is -0.991. The minimum Gasteiger partial charge on any atom is -0.358 e. The molecule has 4 heteroatoms. The molecule has 2 atom stereocenters. The van der Waals surface area contributed by atoms with Crippen LogP contribution in [-0.4, -0.2) is 28.5 Å². The van der Waals surface area contributed by atoms with E-state index in [0.717, 1.165) is 22.8 Å². The molecule has 0 saturated carbocycles. The molecule has 1 rings (SSSR count). The Bertz CT molecular complexity index is 502. The number of hydrogen-bond donors (Lipinski definition) is 0. The van der Waals surface area contributed by atoms with E-state index < -0.39 is 0 Å². The van der Waals surface area contributed by atoms with E-state index in [9.17, 15) is 0 Å². The molecule has 0 fully saturated rings. The van der Waals surface area contributed by atoms with Crippen LogP contribution < -0.4 is 0 Å². The number of pyridine rings is 1. The summed E-state index contributed by atoms with van der Waals surface area (Å²) in [6.45, 7) is 17.1. The van der Waals surface area contributed by atoms with E-state index in [1.807, 2.05) is 32.0 Å². The number of rotatable bonds is 6. The molecule has 0 bridgehead atoms. The quantitative estimate of drug-likeness (QED) is 0.382. The van der Waals surface area contributed by atoms with Crippen LogP contribution in [0.2, 0.25) is 0 Å². The molecular formula is C20H34FeN3-. The normalized spacial score (nSPS) is 14.9. The van der Waals surface area contributed by atoms with Crippen molar-refractivity contribution in [1.29, 1.82) is 0 Å². The van der Waals surface area contributed by atoms with Gasteiger partial charge in [-0.2, -0.15) is 0 Å². The largest absolute Gasteiger partial charge is 0.358 e. The average Bonchev–Trinajstić information content (AvgIpc) is 2.46. The van der Waals surface area contributed by atoms with E-state index in [0.29, 0.717) is 23.9 Å². The van der Waals surface area contributed by atoms with E-state index in [-0.39, 0.29) is 24.5 Å². The zero-order valence-electron chi connectivity index (χ0n) is 16.7. The molecule has 24 heavy (non-hydrogen) atoms. The Labute approximate surface area is 160 Å². The average molecular weight is 372 g/mol. The summed E-state index contributed by atoms with van der Waals surface area (Å²) in [5.74, 6) is 1.07. The van der Waals surface area contributed by atoms with Crippen LogP contribution in [0.25, 0.3) is 0 Å². The minimum absolute atomic E-state index is 0. The smallest absolute Gasteiger partial charge is 0.0845 e. The van der Waals surface area contributed by atoms with Crippen LogP contribution in [-0.2, 0) is 17.1 Å². The van der Waals surface area contributed by atoms with E-state index in [1.165, 1.54) is 0 Å². The molecule has 0 aliphatic heterocycles. The molecule has 1 aromatic rings. The van der Waals surface area contributed by atoms with Crippen LogP contribution in [0.4, 0.5) is 0 Å². The third-order valence-corrected chi connectivity index (χ3v) is 4.21. The van der Waals surface area contributed by atoms with Crippen molar-refractivity contribution in [3.8, 4) is 0 Å². The van der Waals surface area contributed by atoms with Gasteiger partial charge in [0.15, 0.2) is 0 Å². The Kier molecular flexibility index (Phi) is 12.1. The second kappa shape index (κ2) is 11.5. The van der Waals surface area contributed by atoms with Gasteiger partial charge in [-0.25, -0.2) is 4.98 Å². The maximum Gasteiger partial charge on any atom is 0.0845 e. The van der Waals surface area contributed by atoms with Gasteiger partial charge in [0.25, 0.3) is 0 Å². The van der Waals surface area contributed by atoms with Crippen LogP contribution in [0, 0.1) is 19.3 Å². The summed E-state index contributed by atoms with van der Waals surface area (Å²) < 4.78 is 0. The van der Waals surface area contributed by atoms with Crippen molar-refractivity contribution in [3.63, 3.8) is 0 Å². The summed E-state index contributed by atoms with van der Waals surface area (Å²) in [5, 5.41) is 0. The van der Waals surface area contributed by atoms with E-state index >= 15 is 0 Å². The van der Waals surface area contributed by atoms with Gasteiger partial charge in [-0.1, -0.05) is 33.8 Å². The molecule has 0 unspecified atom stereocenters. The number of aromatic nitrogens is 1. The second-order valence-electron chi connectivity index (χ2n) is 6.81. The molecule has 0 aliphatic carbocycles. The Morgan fingerprint density at radius 2 is 1.12 bits per heavy atom. The van der Waals surface area contributed by atoms with Crippen molar-refractivity contribution in [2.75, 3.05) is 0 Å². The number of hydrogen-bond acceptors (Lipinski definition) is 3. The van der Waals surface area contributed by atoms with E-state index in [4.69, 9.17) is 15.0 Å². The first kappa shape index (κ1) is 25.3. The Balaban J connectivity index is 0. The third-order valence-electron chi connectivity index (χ3n) is 4.21. The monoisotopic (exact) mass is 372 g/mol. The van der Waals surface area contributed by atoms with Crippen molar-refractivity contribution in [3.05, 3.63) is 37.0 Å². The van der Waals surface area contributed by atoms with Gasteiger partial charge in [0, 0.05) is 29.2 Å². The van der Waals surface area contributed by atoms with Crippen LogP contribution >= 0.6 is 0 Å². The molecule has 138 valence electrons. The van der Waals surface area contributed by atoms with Crippen LogP contribution in [0.3, 0.4) is 0 Å². The van der Waals surface area contributed by atoms with Crippen molar-refractivity contribution in [2.45, 2.75) is 67.5 Å². The zero-order chi connectivity index (χ0) is 16.9. The number of nitrogens with zero attached hydrogens (tertiary/aromatic N) is 3. The first-order valence-corrected chi connectivity index (χ1v) is 8.29. The molecule has 0 amide bonds. The van der Waals surface area contributed by atoms with Gasteiger partial charge in [-0.3, -0.25) is 9.98 Å². The Morgan fingerprint density at radius 3 is 1.42 bits per heavy atom. The fourth-order valence-corrected chi connectivity index (χ4v) is 1.88. The first-order valence-electron chi connectivity index (χ1n) is 8.29. The molecule has 0 aromatic carbocycles. The van der Waals surface area contributed by atoms with Gasteiger partial charge in [-0.15, -0.1) is 0 Å². The SMILES string of the molecule is CC(=N[C@@H](C)C(C)C)c1cccc(C(C)=N[C@@H](C)C(C)C)n1.[CH3-].[Fe]. The van der Waals surface area contributed by atoms with Gasteiger partial charge in [0.2, 0.25) is 0 Å². The minimum atomic E-state index is 0. The molecule has 0 aliphatic rings. The van der Waals surface area contributed by atoms with Gasteiger partial charge in [0.1, 0.15) is 0 Å². The molecule has 1 heterocycles. The van der Waals surface area contributed by atoms with Crippen LogP contribution in [0.15, 0.2) is 28.2 Å². The fraction of sp³-hybridized carbons (Fsp3) is 0.600. The summed E-state index contributed by atoms with van der Waals surface area (Å²) in [7, 11) is 0. The fourth-order valence-electron chi connectivity index (χ4n) is 1.88. The summed E-state index contributed by atoms with van der Waals surface area (Å²) in [6, 6.07) is 6.70. The van der Waals surface area contributed by atoms with Crippen molar-refractivity contribution in [2.24, 2.45) is 21.8 Å². The predicted molar refractivity (Wildman–Crippen MR) is 104 cm³/mol. The third kappa shape index (κ3) is 7.72. The first-order chi connectivity index (χ1) is 10.2. The van der Waals surface area contributed by atoms with Gasteiger partial charge < -0.3 is 7.43 Å². The number of aliphatic imine (C=N–C) groups is 2. The van der Waals surface area contributed by atoms with Crippen molar-refractivity contribution < 1.29 is 17.1 Å². The van der Waals surface area contributed by atoms with Crippen LogP contribution in [0.5, 0.6) is 0 Å². The van der Waals surface area contributed by atoms with Gasteiger partial charge in [-0.05, 0) is 51.7 Å². The maximum absolute atomic E-state index is 4.75. The zero-order valence-corrected chi connectivity index (χ0v) is 17.8. The second-order valence-corrected chi connectivity index (χ2v) is 6.81. The summed E-state index contributed by atoms with van der Waals surface area (Å²) in [6.07, 6.45) is 0. The maximum atomic E-state index is 4.75. The van der Waals surface area contributed by atoms with Crippen molar-refractivity contribution >= 4 is 11.4 Å². The molecular weight excluding hydrogens is 338 g/mol. The Morgan fingerprint density at radius 1 is 0.792 bits per heavy atom. The van der Waals surface area contributed by atoms with Gasteiger partial charge >= 0.3 is 0 Å². The van der Waals surface area contributed by atoms with E-state index in [1.54, 1.807) is 0 Å². The molecule has 3 nitrogen and oxygen atoms in total. The predicted octanol–water partition coefficient (Wildman–Crippen LogP) is 5.24. The molecule has 0 N–H and O–H groups in total. The topological polar surface area (TPSA) is 37.6 Å². The van der Waals surface area contributed by atoms with Crippen molar-refractivity contribution in [1.82, 2.24) is 4.98 Å². The molecule has 0 radical (unpaired) electrons. The summed E-state index contributed by atoms with van der Waals surface area (Å²) >= 11 is 0. The molecule has 0 saturated heterocycles. The van der Waals surface area contributed by atoms with Crippen LogP contribution in [0.1, 0.15) is 66.8 Å². The summed E-state index contributed by atoms with van der Waals surface area (Å²) in [4.78, 5) is 14.2. The molecule has 1 aromatic heterocycles.